The second-order valence-corrected chi connectivity index (χ2v) is 51.3. The molecule has 0 saturated heterocycles. The van der Waals surface area contributed by atoms with Gasteiger partial charge in [0.25, 0.3) is 39.1 Å². The molecule has 4 heterocycles. The number of carbonyl (C=O) groups excluding carboxylic acids is 5. The molecule has 0 atom stereocenters. The third-order valence-electron chi connectivity index (χ3n) is 17.3. The number of fused-ring (bicyclic) bond motifs is 4. The van der Waals surface area contributed by atoms with E-state index in [0.29, 0.717) is 163 Å². The number of carbonyl (C=O) groups is 5. The van der Waals surface area contributed by atoms with E-state index in [-0.39, 0.29) is 73.3 Å². The average molecular weight is 2710 g/mol. The van der Waals surface area contributed by atoms with Crippen molar-refractivity contribution in [3.8, 4) is 63.2 Å². The van der Waals surface area contributed by atoms with Crippen LogP contribution in [0.3, 0.4) is 0 Å². The maximum Gasteiger partial charge on any atom is 0.394 e. The molecule has 11 aromatic carbocycles. The molecule has 15 rings (SSSR count). The van der Waals surface area contributed by atoms with Crippen molar-refractivity contribution in [3.63, 3.8) is 0 Å². The fraction of sp³-hybridized carbons (Fsp3) is 0.176. The first-order chi connectivity index (χ1) is 65.8. The minimum absolute atomic E-state index is 0. The maximum atomic E-state index is 12.7. The Labute approximate surface area is 880 Å². The van der Waals surface area contributed by atoms with E-state index in [1.165, 1.54) is 80.6 Å². The van der Waals surface area contributed by atoms with Crippen molar-refractivity contribution in [2.75, 3.05) is 108 Å². The molecule has 4 aliphatic rings. The van der Waals surface area contributed by atoms with Gasteiger partial charge in [-0.1, -0.05) is 36.4 Å². The predicted molar refractivity (Wildman–Crippen MR) is 571 cm³/mol. The van der Waals surface area contributed by atoms with Crippen molar-refractivity contribution in [1.29, 1.82) is 0 Å². The number of aliphatic hydroxyl groups is 2. The summed E-state index contributed by atoms with van der Waals surface area (Å²) in [5, 5.41) is 14.6. The van der Waals surface area contributed by atoms with E-state index in [4.69, 9.17) is 96.3 Å². The van der Waals surface area contributed by atoms with E-state index in [2.05, 4.69) is 100 Å². The molecule has 48 heteroatoms. The molecule has 139 heavy (non-hydrogen) atoms. The maximum absolute atomic E-state index is 12.7. The van der Waals surface area contributed by atoms with Crippen molar-refractivity contribution in [2.45, 2.75) is 40.4 Å². The molecule has 0 amide bonds. The van der Waals surface area contributed by atoms with Gasteiger partial charge in [0, 0.05) is 136 Å². The number of nitrogens with one attached hydrogen (secondary N) is 3. The zero-order valence-electron chi connectivity index (χ0n) is 74.7. The Morgan fingerprint density at radius 1 is 0.396 bits per heavy atom. The first kappa shape index (κ1) is 124. The van der Waals surface area contributed by atoms with Gasteiger partial charge in [-0.2, -0.15) is 8.42 Å². The number of hydrogen-bond acceptors (Lipinski definition) is 31. The second kappa shape index (κ2) is 64.8. The summed E-state index contributed by atoms with van der Waals surface area (Å²) < 4.78 is 195. The standard InChI is InChI=1S/2C24H21NO6S.C16H15NO5S.C8H7ClO4S.C8H9NO.C8H8O2.C2H6O.CH4O.I3.I2.HI.H4N2.H2O4S/c2*1-29-20-9-2-17(3-10-20)4-12-22(26)18-5-7-19(8-6-18)25-32(27,28)21-11-13-23-24(16-21)31-15-14-30-23;1-11(18)12-2-4-13(5-3-12)17-23(19,20)14-6-7-15-16(10-14)22-9-8-21-15;9-14(10,11)6-1-2-7-8(5-6)13-4-3-12-7;1-6(10)7-2-4-8(9)5-3-7;1-10-8-4-2-7(6-9)3-5-8;1-2-3;1-2;1-3-2;1-2;;1-2;1-5(2,3)4/h2*2-13,16,25H,14-15H2,1H3;2-7,10,17H,8-9H2,1H3;1-2,5H,3-4H2;2-5H,9H2,1H3;2-6H,1H3;3H,2H2,1H3;2H,1H3;;;1H;1-2H2;(H2,1,2,3,4)/q;;;;;;;;-1;;;;/b2*12-4+;;;;;;;;;;;. The molecule has 0 radical (unpaired) electrons. The van der Waals surface area contributed by atoms with Crippen molar-refractivity contribution in [2.24, 2.45) is 11.7 Å². The molecule has 11 aromatic rings. The van der Waals surface area contributed by atoms with E-state index >= 15 is 0 Å². The number of nitrogen functional groups attached to an aromatic ring is 1. The molecule has 0 aliphatic carbocycles. The zero-order chi connectivity index (χ0) is 103. The normalized spacial score (nSPS) is 11.9. The number of halogens is 7. The number of nitrogens with two attached hydrogens (primary N) is 3. The summed E-state index contributed by atoms with van der Waals surface area (Å²) in [5.74, 6) is 13.6. The van der Waals surface area contributed by atoms with Crippen molar-refractivity contribution >= 4 is 223 Å². The summed E-state index contributed by atoms with van der Waals surface area (Å²) in [7, 11) is -8.82. The number of aliphatic hydroxyl groups excluding tert-OH is 2. The number of allylic oxidation sites excluding steroid dienone is 2. The van der Waals surface area contributed by atoms with Crippen LogP contribution in [-0.2, 0) is 49.5 Å². The largest absolute Gasteiger partial charge is 0.486 e. The molecule has 0 bridgehead atoms. The number of rotatable bonds is 22. The molecule has 0 unspecified atom stereocenters. The van der Waals surface area contributed by atoms with Crippen LogP contribution in [0.4, 0.5) is 22.7 Å². The topological polar surface area (TPSA) is 553 Å². The molecule has 0 fully saturated rings. The molecule has 0 aromatic heterocycles. The molecular weight excluding hydrogens is 2610 g/mol. The SMILES string of the molecule is CC(=O)c1ccc(N)cc1.CC(=O)c1ccc(NS(=O)(=O)c2ccc3c(c2)OCCO3)cc1.CCO.CO.COc1ccc(/C=C/C(=O)c2ccc(NS(=O)(=O)c3ccc4c(c3)OCCO4)cc2)cc1.COc1ccc(/C=C/C(=O)c2ccc(NS(=O)(=O)c3ccc4c(c3)OCCO4)cc2)cc1.COc1ccc(C=O)cc1.I.II.I[I-]I.NN.O=S(=O)(Cl)c1ccc2c(c1)OCCO2.O=S(=O)(O)O. The third-order valence-corrected chi connectivity index (χ3v) is 22.8. The third kappa shape index (κ3) is 45.1. The number of ketones is 4. The van der Waals surface area contributed by atoms with E-state index in [1.807, 2.05) is 48.5 Å². The van der Waals surface area contributed by atoms with Crippen molar-refractivity contribution < 1.29 is 151 Å². The van der Waals surface area contributed by atoms with Gasteiger partial charge in [0.1, 0.15) is 76.4 Å². The van der Waals surface area contributed by atoms with Gasteiger partial charge in [0.05, 0.1) is 40.9 Å². The van der Waals surface area contributed by atoms with Gasteiger partial charge < -0.3 is 68.1 Å². The van der Waals surface area contributed by atoms with Crippen LogP contribution < -0.4 is 96.9 Å². The van der Waals surface area contributed by atoms with Gasteiger partial charge in [0.2, 0.25) is 0 Å². The molecule has 36 nitrogen and oxygen atoms in total. The minimum atomic E-state index is -4.67. The number of anilines is 4. The number of aldehydes is 1. The van der Waals surface area contributed by atoms with Gasteiger partial charge in [-0.3, -0.25) is 58.9 Å². The number of sulfonamides is 3. The van der Waals surface area contributed by atoms with Crippen LogP contribution in [0.2, 0.25) is 0 Å². The van der Waals surface area contributed by atoms with E-state index in [0.717, 1.165) is 41.8 Å². The quantitative estimate of drug-likeness (QED) is 0.00347. The fourth-order valence-electron chi connectivity index (χ4n) is 10.9. The first-order valence-corrected chi connectivity index (χ1v) is 66.5. The molecule has 13 N–H and O–H groups in total. The Balaban J connectivity index is 0.000000432. The number of ether oxygens (including phenoxy) is 11. The smallest absolute Gasteiger partial charge is 0.394 e. The zero-order valence-corrected chi connectivity index (χ0v) is 92.7. The van der Waals surface area contributed by atoms with Gasteiger partial charge in [-0.05, 0) is 238 Å². The summed E-state index contributed by atoms with van der Waals surface area (Å²) in [5.41, 5.74) is 11.7. The molecule has 0 spiro atoms. The number of Topliss-reactive ketones (excluding diaryl/α,β-unsaturated/α-hetero) is 2. The van der Waals surface area contributed by atoms with E-state index < -0.39 is 49.5 Å². The van der Waals surface area contributed by atoms with E-state index in [9.17, 15) is 57.6 Å². The summed E-state index contributed by atoms with van der Waals surface area (Å²) in [6.07, 6.45) is 7.16. The molecular formula is C91H98ClI6N6O30S5-. The minimum Gasteiger partial charge on any atom is -0.486 e. The van der Waals surface area contributed by atoms with Crippen LogP contribution in [0.15, 0.2) is 274 Å². The first-order valence-electron chi connectivity index (χ1n) is 39.5. The summed E-state index contributed by atoms with van der Waals surface area (Å²) >= 11 is 9.54. The molecule has 0 saturated carbocycles. The summed E-state index contributed by atoms with van der Waals surface area (Å²) in [6.45, 7) is 8.23. The van der Waals surface area contributed by atoms with Crippen LogP contribution in [0, 0.1) is 0 Å². The van der Waals surface area contributed by atoms with E-state index in [1.54, 1.807) is 180 Å². The van der Waals surface area contributed by atoms with Crippen LogP contribution in [0.1, 0.15) is 83.7 Å². The summed E-state index contributed by atoms with van der Waals surface area (Å²) in [4.78, 5) is 57.2. The van der Waals surface area contributed by atoms with Crippen molar-refractivity contribution in [1.82, 2.24) is 0 Å². The Kier molecular flexibility index (Phi) is 57.6. The van der Waals surface area contributed by atoms with Gasteiger partial charge >= 0.3 is 60.9 Å². The number of hydrogen-bond donors (Lipinski definition) is 10. The van der Waals surface area contributed by atoms with Crippen LogP contribution in [-0.4, -0.2) is 179 Å². The van der Waals surface area contributed by atoms with Gasteiger partial charge in [0.15, 0.2) is 69.1 Å². The number of methoxy groups -OCH3 is 3. The fourth-order valence-corrected chi connectivity index (χ4v) is 14.9. The monoisotopic (exact) mass is 2710 g/mol. The Morgan fingerprint density at radius 3 is 0.842 bits per heavy atom. The van der Waals surface area contributed by atoms with Gasteiger partial charge in [-0.25, -0.2) is 33.7 Å². The Hall–Kier alpha value is -9.57. The predicted octanol–water partition coefficient (Wildman–Crippen LogP) is 14.1. The molecule has 4 aliphatic heterocycles. The van der Waals surface area contributed by atoms with Crippen LogP contribution in [0.5, 0.6) is 63.2 Å². The van der Waals surface area contributed by atoms with Crippen molar-refractivity contribution in [3.05, 3.63) is 294 Å². The number of benzene rings is 11. The van der Waals surface area contributed by atoms with Crippen LogP contribution in [0.25, 0.3) is 12.2 Å². The number of hydrazine groups is 1. The van der Waals surface area contributed by atoms with Crippen LogP contribution >= 0.6 is 109 Å². The Morgan fingerprint density at radius 2 is 0.612 bits per heavy atom. The average Bonchev–Trinajstić information content (AvgIpc) is 0.865. The Bertz CT molecular complexity index is 6190. The second-order valence-electron chi connectivity index (χ2n) is 26.6. The summed E-state index contributed by atoms with van der Waals surface area (Å²) in [6, 6.07) is 64.8. The molecule has 752 valence electrons. The van der Waals surface area contributed by atoms with Gasteiger partial charge in [-0.15, -0.1) is 24.0 Å².